The third-order valence-electron chi connectivity index (χ3n) is 2.00. The molecule has 0 saturated carbocycles. The zero-order valence-electron chi connectivity index (χ0n) is 11.1. The summed E-state index contributed by atoms with van der Waals surface area (Å²) in [5, 5.41) is 6.44. The van der Waals surface area contributed by atoms with E-state index < -0.39 is 0 Å². The minimum absolute atomic E-state index is 0. The van der Waals surface area contributed by atoms with Crippen LogP contribution < -0.4 is 10.6 Å². The molecule has 0 rings (SSSR count). The monoisotopic (exact) mass is 375 g/mol. The van der Waals surface area contributed by atoms with Crippen molar-refractivity contribution in [1.82, 2.24) is 10.6 Å². The van der Waals surface area contributed by atoms with Crippen molar-refractivity contribution in [3.63, 3.8) is 0 Å². The lowest BCUT2D eigenvalue weighted by molar-refractivity contribution is 0.136. The zero-order chi connectivity index (χ0) is 12.1. The van der Waals surface area contributed by atoms with E-state index in [0.29, 0.717) is 0 Å². The summed E-state index contributed by atoms with van der Waals surface area (Å²) in [6.07, 6.45) is 4.42. The second-order valence-electron chi connectivity index (χ2n) is 3.38. The quantitative estimate of drug-likeness (QED) is 0.280. The van der Waals surface area contributed by atoms with Gasteiger partial charge < -0.3 is 15.4 Å². The van der Waals surface area contributed by atoms with Crippen molar-refractivity contribution in [3.05, 3.63) is 0 Å². The van der Waals surface area contributed by atoms with Crippen LogP contribution in [-0.2, 0) is 4.74 Å². The molecular weight excluding hydrogens is 349 g/mol. The molecule has 104 valence electrons. The first-order chi connectivity index (χ1) is 7.85. The first-order valence-electron chi connectivity index (χ1n) is 5.86. The van der Waals surface area contributed by atoms with Crippen LogP contribution in [0.15, 0.2) is 4.99 Å². The maximum atomic E-state index is 5.45. The largest absolute Gasteiger partial charge is 0.380 e. The lowest BCUT2D eigenvalue weighted by Crippen LogP contribution is -2.39. The maximum Gasteiger partial charge on any atom is 0.191 e. The van der Waals surface area contributed by atoms with Gasteiger partial charge in [-0.05, 0) is 12.7 Å². The van der Waals surface area contributed by atoms with Gasteiger partial charge in [0.1, 0.15) is 0 Å². The van der Waals surface area contributed by atoms with Crippen LogP contribution in [0, 0.1) is 0 Å². The van der Waals surface area contributed by atoms with E-state index in [4.69, 9.17) is 4.74 Å². The van der Waals surface area contributed by atoms with E-state index in [1.54, 1.807) is 7.05 Å². The Morgan fingerprint density at radius 3 is 2.53 bits per heavy atom. The maximum absolute atomic E-state index is 5.45. The molecule has 0 aliphatic rings. The molecule has 0 amide bonds. The average Bonchev–Trinajstić information content (AvgIpc) is 2.31. The number of rotatable bonds is 9. The topological polar surface area (TPSA) is 45.6 Å². The highest BCUT2D eigenvalue weighted by molar-refractivity contribution is 14.0. The minimum atomic E-state index is 0. The number of hydrogen-bond donors (Lipinski definition) is 2. The summed E-state index contributed by atoms with van der Waals surface area (Å²) < 4.78 is 5.45. The molecule has 6 heteroatoms. The van der Waals surface area contributed by atoms with E-state index in [9.17, 15) is 0 Å². The van der Waals surface area contributed by atoms with Crippen molar-refractivity contribution in [2.75, 3.05) is 45.4 Å². The first kappa shape index (κ1) is 19.6. The Hall–Kier alpha value is 0.310. The van der Waals surface area contributed by atoms with E-state index >= 15 is 0 Å². The van der Waals surface area contributed by atoms with E-state index in [0.717, 1.165) is 44.4 Å². The molecule has 0 bridgehead atoms. The van der Waals surface area contributed by atoms with Gasteiger partial charge in [-0.1, -0.05) is 13.3 Å². The van der Waals surface area contributed by atoms with Crippen molar-refractivity contribution < 1.29 is 4.74 Å². The Morgan fingerprint density at radius 1 is 1.24 bits per heavy atom. The number of halogens is 1. The van der Waals surface area contributed by atoms with E-state index in [-0.39, 0.29) is 24.0 Å². The van der Waals surface area contributed by atoms with Gasteiger partial charge >= 0.3 is 0 Å². The van der Waals surface area contributed by atoms with Gasteiger partial charge in [0.25, 0.3) is 0 Å². The molecule has 0 spiro atoms. The highest BCUT2D eigenvalue weighted by atomic mass is 127. The molecule has 0 radical (unpaired) electrons. The van der Waals surface area contributed by atoms with Gasteiger partial charge in [-0.25, -0.2) is 0 Å². The normalized spacial score (nSPS) is 10.9. The van der Waals surface area contributed by atoms with Crippen molar-refractivity contribution in [3.8, 4) is 0 Å². The fraction of sp³-hybridized carbons (Fsp3) is 0.909. The summed E-state index contributed by atoms with van der Waals surface area (Å²) in [5.41, 5.74) is 0. The highest BCUT2D eigenvalue weighted by Crippen LogP contribution is 1.87. The second-order valence-corrected chi connectivity index (χ2v) is 4.37. The molecule has 0 unspecified atom stereocenters. The predicted octanol–water partition coefficient (Wildman–Crippen LogP) is 1.95. The van der Waals surface area contributed by atoms with Crippen molar-refractivity contribution in [2.24, 2.45) is 4.99 Å². The van der Waals surface area contributed by atoms with E-state index in [1.807, 2.05) is 11.8 Å². The Labute approximate surface area is 127 Å². The van der Waals surface area contributed by atoms with Crippen molar-refractivity contribution >= 4 is 41.7 Å². The Bertz CT molecular complexity index is 182. The van der Waals surface area contributed by atoms with E-state index in [2.05, 4.69) is 28.8 Å². The van der Waals surface area contributed by atoms with Crippen LogP contribution in [0.1, 0.15) is 19.8 Å². The summed E-state index contributed by atoms with van der Waals surface area (Å²) in [4.78, 5) is 4.12. The number of nitrogens with zero attached hydrogens (tertiary/aromatic N) is 1. The summed E-state index contributed by atoms with van der Waals surface area (Å²) in [6, 6.07) is 0. The molecule has 0 aromatic rings. The standard InChI is InChI=1S/C11H25N3OS.HI/c1-4-5-8-15-9-6-13-11(12-2)14-7-10-16-3;/h4-10H2,1-3H3,(H2,12,13,14);1H. The van der Waals surface area contributed by atoms with Gasteiger partial charge in [-0.3, -0.25) is 4.99 Å². The van der Waals surface area contributed by atoms with Crippen molar-refractivity contribution in [2.45, 2.75) is 19.8 Å². The fourth-order valence-corrected chi connectivity index (χ4v) is 1.39. The molecule has 0 aromatic carbocycles. The van der Waals surface area contributed by atoms with Gasteiger partial charge in [0.15, 0.2) is 5.96 Å². The molecule has 0 aliphatic heterocycles. The Morgan fingerprint density at radius 2 is 1.94 bits per heavy atom. The number of unbranched alkanes of at least 4 members (excludes halogenated alkanes) is 1. The van der Waals surface area contributed by atoms with Crippen LogP contribution in [0.4, 0.5) is 0 Å². The smallest absolute Gasteiger partial charge is 0.191 e. The van der Waals surface area contributed by atoms with Gasteiger partial charge in [-0.15, -0.1) is 24.0 Å². The van der Waals surface area contributed by atoms with Gasteiger partial charge in [0.05, 0.1) is 6.61 Å². The SMILES string of the molecule is CCCCOCCNC(=NC)NCCSC.I. The van der Waals surface area contributed by atoms with Gasteiger partial charge in [0, 0.05) is 32.5 Å². The van der Waals surface area contributed by atoms with Crippen LogP contribution in [0.5, 0.6) is 0 Å². The summed E-state index contributed by atoms with van der Waals surface area (Å²) in [5.74, 6) is 1.95. The van der Waals surface area contributed by atoms with Gasteiger partial charge in [-0.2, -0.15) is 11.8 Å². The van der Waals surface area contributed by atoms with E-state index in [1.165, 1.54) is 6.42 Å². The number of ether oxygens (including phenoxy) is 1. The summed E-state index contributed by atoms with van der Waals surface area (Å²) in [7, 11) is 1.78. The lowest BCUT2D eigenvalue weighted by atomic mass is 10.4. The van der Waals surface area contributed by atoms with Crippen LogP contribution in [-0.4, -0.2) is 51.3 Å². The number of nitrogens with one attached hydrogen (secondary N) is 2. The predicted molar refractivity (Wildman–Crippen MR) is 88.9 cm³/mol. The van der Waals surface area contributed by atoms with Crippen LogP contribution >= 0.6 is 35.7 Å². The van der Waals surface area contributed by atoms with Crippen LogP contribution in [0.2, 0.25) is 0 Å². The zero-order valence-corrected chi connectivity index (χ0v) is 14.3. The third kappa shape index (κ3) is 14.2. The number of aliphatic imine (C=N–C) groups is 1. The fourth-order valence-electron chi connectivity index (χ4n) is 1.08. The Kier molecular flexibility index (Phi) is 18.8. The second kappa shape index (κ2) is 16.3. The molecule has 0 saturated heterocycles. The highest BCUT2D eigenvalue weighted by Gasteiger charge is 1.95. The van der Waals surface area contributed by atoms with Crippen LogP contribution in [0.3, 0.4) is 0 Å². The number of guanidine groups is 1. The lowest BCUT2D eigenvalue weighted by Gasteiger charge is -2.11. The molecular formula is C11H26IN3OS. The molecule has 17 heavy (non-hydrogen) atoms. The average molecular weight is 375 g/mol. The molecule has 0 heterocycles. The molecule has 0 aliphatic carbocycles. The number of hydrogen-bond acceptors (Lipinski definition) is 3. The Balaban J connectivity index is 0. The van der Waals surface area contributed by atoms with Crippen LogP contribution in [0.25, 0.3) is 0 Å². The number of thioether (sulfide) groups is 1. The minimum Gasteiger partial charge on any atom is -0.380 e. The third-order valence-corrected chi connectivity index (χ3v) is 2.62. The van der Waals surface area contributed by atoms with Gasteiger partial charge in [0.2, 0.25) is 0 Å². The first-order valence-corrected chi connectivity index (χ1v) is 7.25. The molecule has 2 N–H and O–H groups in total. The molecule has 0 atom stereocenters. The molecule has 0 fully saturated rings. The summed E-state index contributed by atoms with van der Waals surface area (Å²) >= 11 is 1.82. The van der Waals surface area contributed by atoms with Crippen molar-refractivity contribution in [1.29, 1.82) is 0 Å². The summed E-state index contributed by atoms with van der Waals surface area (Å²) in [6.45, 7) is 5.51. The molecule has 4 nitrogen and oxygen atoms in total. The molecule has 0 aromatic heterocycles.